The van der Waals surface area contributed by atoms with Crippen LogP contribution in [0.2, 0.25) is 0 Å². The number of methoxy groups -OCH3 is 1. The molecule has 0 amide bonds. The van der Waals surface area contributed by atoms with Crippen LogP contribution in [0.4, 0.5) is 0 Å². The second-order valence-corrected chi connectivity index (χ2v) is 4.98. The highest BCUT2D eigenvalue weighted by Gasteiger charge is 2.45. The second kappa shape index (κ2) is 4.98. The van der Waals surface area contributed by atoms with Crippen molar-refractivity contribution in [2.75, 3.05) is 14.2 Å². The summed E-state index contributed by atoms with van der Waals surface area (Å²) >= 11 is 0. The van der Waals surface area contributed by atoms with Gasteiger partial charge >= 0.3 is 5.97 Å². The van der Waals surface area contributed by atoms with Crippen molar-refractivity contribution in [3.63, 3.8) is 0 Å². The van der Waals surface area contributed by atoms with Crippen molar-refractivity contribution >= 4 is 5.97 Å². The van der Waals surface area contributed by atoms with Gasteiger partial charge in [0.25, 0.3) is 0 Å². The third kappa shape index (κ3) is 2.64. The van der Waals surface area contributed by atoms with Gasteiger partial charge in [0.15, 0.2) is 0 Å². The molecule has 2 unspecified atom stereocenters. The van der Waals surface area contributed by atoms with E-state index >= 15 is 0 Å². The number of carboxylic acids is 1. The van der Waals surface area contributed by atoms with Crippen LogP contribution in [-0.2, 0) is 11.3 Å². The number of hydrogen-bond acceptors (Lipinski definition) is 3. The molecule has 2 rings (SSSR count). The first kappa shape index (κ1) is 12.9. The van der Waals surface area contributed by atoms with Crippen molar-refractivity contribution in [3.8, 4) is 5.75 Å². The van der Waals surface area contributed by atoms with Gasteiger partial charge in [-0.1, -0.05) is 17.7 Å². The zero-order valence-corrected chi connectivity index (χ0v) is 11.0. The normalized spacial score (nSPS) is 22.0. The predicted octanol–water partition coefficient (Wildman–Crippen LogP) is 1.91. The molecule has 0 saturated heterocycles. The number of hydrogen-bond donors (Lipinski definition) is 1. The van der Waals surface area contributed by atoms with E-state index in [1.807, 2.05) is 26.1 Å². The van der Waals surface area contributed by atoms with E-state index in [2.05, 4.69) is 11.0 Å². The van der Waals surface area contributed by atoms with Gasteiger partial charge in [-0.25, -0.2) is 0 Å². The highest BCUT2D eigenvalue weighted by atomic mass is 16.5. The summed E-state index contributed by atoms with van der Waals surface area (Å²) in [7, 11) is 3.63. The van der Waals surface area contributed by atoms with Crippen LogP contribution in [-0.4, -0.2) is 36.2 Å². The lowest BCUT2D eigenvalue weighted by Gasteiger charge is -2.18. The van der Waals surface area contributed by atoms with Gasteiger partial charge < -0.3 is 9.84 Å². The number of aliphatic carboxylic acids is 1. The van der Waals surface area contributed by atoms with Gasteiger partial charge in [-0.15, -0.1) is 0 Å². The average Bonchev–Trinajstić information content (AvgIpc) is 3.09. The van der Waals surface area contributed by atoms with E-state index in [0.717, 1.165) is 24.3 Å². The molecular weight excluding hydrogens is 230 g/mol. The fourth-order valence-electron chi connectivity index (χ4n) is 2.35. The van der Waals surface area contributed by atoms with Gasteiger partial charge in [-0.2, -0.15) is 0 Å². The first-order valence-corrected chi connectivity index (χ1v) is 6.09. The Morgan fingerprint density at radius 2 is 2.28 bits per heavy atom. The smallest absolute Gasteiger partial charge is 0.308 e. The average molecular weight is 249 g/mol. The Bertz CT molecular complexity index is 458. The van der Waals surface area contributed by atoms with Gasteiger partial charge in [0.1, 0.15) is 5.75 Å². The fourth-order valence-corrected chi connectivity index (χ4v) is 2.35. The van der Waals surface area contributed by atoms with Crippen LogP contribution in [0.25, 0.3) is 0 Å². The number of aryl methyl sites for hydroxylation is 1. The predicted molar refractivity (Wildman–Crippen MR) is 68.7 cm³/mol. The minimum atomic E-state index is -0.692. The quantitative estimate of drug-likeness (QED) is 0.866. The van der Waals surface area contributed by atoms with Crippen molar-refractivity contribution in [2.45, 2.75) is 25.9 Å². The number of carbonyl (C=O) groups is 1. The Morgan fingerprint density at radius 3 is 2.83 bits per heavy atom. The zero-order valence-electron chi connectivity index (χ0n) is 11.0. The van der Waals surface area contributed by atoms with E-state index in [1.54, 1.807) is 7.11 Å². The Morgan fingerprint density at radius 1 is 1.56 bits per heavy atom. The number of benzene rings is 1. The standard InChI is InChI=1S/C14H19NO3/c1-9-4-5-13(18-3)10(6-9)8-15(2)12-7-11(12)14(16)17/h4-6,11-12H,7-8H2,1-3H3,(H,16,17). The molecule has 2 atom stereocenters. The molecule has 0 bridgehead atoms. The molecule has 98 valence electrons. The Kier molecular flexibility index (Phi) is 3.57. The molecular formula is C14H19NO3. The van der Waals surface area contributed by atoms with Crippen LogP contribution in [0.3, 0.4) is 0 Å². The zero-order chi connectivity index (χ0) is 13.3. The summed E-state index contributed by atoms with van der Waals surface area (Å²) in [6.07, 6.45) is 0.750. The molecule has 1 fully saturated rings. The number of nitrogens with zero attached hydrogens (tertiary/aromatic N) is 1. The lowest BCUT2D eigenvalue weighted by atomic mass is 10.1. The molecule has 1 aliphatic rings. The van der Waals surface area contributed by atoms with Crippen LogP contribution >= 0.6 is 0 Å². The highest BCUT2D eigenvalue weighted by Crippen LogP contribution is 2.36. The Labute approximate surface area is 107 Å². The lowest BCUT2D eigenvalue weighted by molar-refractivity contribution is -0.138. The SMILES string of the molecule is COc1ccc(C)cc1CN(C)C1CC1C(=O)O. The van der Waals surface area contributed by atoms with Crippen LogP contribution in [0.1, 0.15) is 17.5 Å². The summed E-state index contributed by atoms with van der Waals surface area (Å²) in [5.41, 5.74) is 2.29. The second-order valence-electron chi connectivity index (χ2n) is 4.98. The van der Waals surface area contributed by atoms with Crippen LogP contribution < -0.4 is 4.74 Å². The fraction of sp³-hybridized carbons (Fsp3) is 0.500. The van der Waals surface area contributed by atoms with Crippen molar-refractivity contribution in [1.82, 2.24) is 4.90 Å². The van der Waals surface area contributed by atoms with Gasteiger partial charge in [0, 0.05) is 18.2 Å². The maximum Gasteiger partial charge on any atom is 0.308 e. The van der Waals surface area contributed by atoms with Gasteiger partial charge in [-0.3, -0.25) is 9.69 Å². The van der Waals surface area contributed by atoms with Crippen LogP contribution in [0.15, 0.2) is 18.2 Å². The first-order valence-electron chi connectivity index (χ1n) is 6.09. The molecule has 0 spiro atoms. The number of carboxylic acid groups (broad SMARTS) is 1. The number of rotatable bonds is 5. The van der Waals surface area contributed by atoms with E-state index in [4.69, 9.17) is 9.84 Å². The molecule has 0 radical (unpaired) electrons. The monoisotopic (exact) mass is 249 g/mol. The van der Waals surface area contributed by atoms with Gasteiger partial charge in [0.2, 0.25) is 0 Å². The largest absolute Gasteiger partial charge is 0.496 e. The van der Waals surface area contributed by atoms with Gasteiger partial charge in [0.05, 0.1) is 13.0 Å². The van der Waals surface area contributed by atoms with E-state index in [1.165, 1.54) is 5.56 Å². The topological polar surface area (TPSA) is 49.8 Å². The van der Waals surface area contributed by atoms with Crippen LogP contribution in [0, 0.1) is 12.8 Å². The molecule has 0 aromatic heterocycles. The minimum Gasteiger partial charge on any atom is -0.496 e. The summed E-state index contributed by atoms with van der Waals surface area (Å²) in [6.45, 7) is 2.76. The van der Waals surface area contributed by atoms with Crippen molar-refractivity contribution in [3.05, 3.63) is 29.3 Å². The summed E-state index contributed by atoms with van der Waals surface area (Å²) in [6, 6.07) is 6.22. The molecule has 1 aliphatic carbocycles. The maximum atomic E-state index is 10.9. The van der Waals surface area contributed by atoms with E-state index in [9.17, 15) is 4.79 Å². The summed E-state index contributed by atoms with van der Waals surface area (Å²) in [4.78, 5) is 12.9. The molecule has 0 aliphatic heterocycles. The molecule has 1 N–H and O–H groups in total. The Balaban J connectivity index is 2.05. The minimum absolute atomic E-state index is 0.160. The van der Waals surface area contributed by atoms with Gasteiger partial charge in [-0.05, 0) is 26.5 Å². The van der Waals surface area contributed by atoms with Crippen molar-refractivity contribution in [2.24, 2.45) is 5.92 Å². The molecule has 1 saturated carbocycles. The summed E-state index contributed by atoms with van der Waals surface area (Å²) in [5.74, 6) is -0.0335. The Hall–Kier alpha value is -1.55. The molecule has 18 heavy (non-hydrogen) atoms. The van der Waals surface area contributed by atoms with Crippen LogP contribution in [0.5, 0.6) is 5.75 Å². The van der Waals surface area contributed by atoms with Crippen molar-refractivity contribution < 1.29 is 14.6 Å². The van der Waals surface area contributed by atoms with E-state index < -0.39 is 5.97 Å². The maximum absolute atomic E-state index is 10.9. The third-order valence-electron chi connectivity index (χ3n) is 3.50. The lowest BCUT2D eigenvalue weighted by Crippen LogP contribution is -2.23. The summed E-state index contributed by atoms with van der Waals surface area (Å²) in [5, 5.41) is 8.93. The molecule has 1 aromatic carbocycles. The highest BCUT2D eigenvalue weighted by molar-refractivity contribution is 5.74. The molecule has 1 aromatic rings. The summed E-state index contributed by atoms with van der Waals surface area (Å²) < 4.78 is 5.33. The molecule has 4 nitrogen and oxygen atoms in total. The third-order valence-corrected chi connectivity index (χ3v) is 3.50. The number of ether oxygens (including phenoxy) is 1. The van der Waals surface area contributed by atoms with E-state index in [-0.39, 0.29) is 12.0 Å². The van der Waals surface area contributed by atoms with Crippen molar-refractivity contribution in [1.29, 1.82) is 0 Å². The first-order chi connectivity index (χ1) is 8.52. The molecule has 4 heteroatoms. The van der Waals surface area contributed by atoms with E-state index in [0.29, 0.717) is 0 Å². The molecule has 0 heterocycles.